The Morgan fingerprint density at radius 3 is 2.93 bits per heavy atom. The molecule has 1 saturated carbocycles. The van der Waals surface area contributed by atoms with Crippen LogP contribution in [-0.2, 0) is 19.9 Å². The van der Waals surface area contributed by atoms with Crippen LogP contribution in [-0.4, -0.2) is 46.0 Å². The molecule has 2 fully saturated rings. The highest BCUT2D eigenvalue weighted by Gasteiger charge is 2.38. The van der Waals surface area contributed by atoms with E-state index in [0.717, 1.165) is 41.6 Å². The first-order valence-corrected chi connectivity index (χ1v) is 9.87. The van der Waals surface area contributed by atoms with Crippen LogP contribution in [0.1, 0.15) is 43.5 Å². The average Bonchev–Trinajstić information content (AvgIpc) is 3.32. The van der Waals surface area contributed by atoms with Gasteiger partial charge >= 0.3 is 0 Å². The van der Waals surface area contributed by atoms with Gasteiger partial charge in [0.05, 0.1) is 23.5 Å². The van der Waals surface area contributed by atoms with Crippen LogP contribution in [0.25, 0.3) is 16.7 Å². The van der Waals surface area contributed by atoms with Crippen molar-refractivity contribution in [1.29, 1.82) is 0 Å². The number of hydrogen-bond acceptors (Lipinski definition) is 6. The van der Waals surface area contributed by atoms with Gasteiger partial charge in [0.2, 0.25) is 5.91 Å². The normalized spacial score (nSPS) is 21.6. The lowest BCUT2D eigenvalue weighted by Gasteiger charge is -2.25. The quantitative estimate of drug-likeness (QED) is 0.717. The number of methoxy groups -OCH3 is 1. The van der Waals surface area contributed by atoms with E-state index in [9.17, 15) is 4.79 Å². The van der Waals surface area contributed by atoms with E-state index in [-0.39, 0.29) is 5.91 Å². The molecule has 0 aromatic carbocycles. The summed E-state index contributed by atoms with van der Waals surface area (Å²) in [5.41, 5.74) is 2.23. The average molecular weight is 393 g/mol. The fourth-order valence-electron chi connectivity index (χ4n) is 3.92. The van der Waals surface area contributed by atoms with Crippen LogP contribution in [0.4, 0.5) is 5.82 Å². The van der Waals surface area contributed by atoms with Gasteiger partial charge in [-0.15, -0.1) is 0 Å². The summed E-state index contributed by atoms with van der Waals surface area (Å²) in [5, 5.41) is 8.64. The molecular formula is C21H23N5O3. The van der Waals surface area contributed by atoms with Gasteiger partial charge in [-0.05, 0) is 25.0 Å². The SMILES string of the molecule is CO[C@@]1(c2cccc(-n3nc(C4CC4)c4cnc(NC(C)=O)cc43)n2)CCOC1. The minimum atomic E-state index is -0.527. The van der Waals surface area contributed by atoms with Crippen LogP contribution < -0.4 is 5.32 Å². The molecule has 29 heavy (non-hydrogen) atoms. The number of pyridine rings is 2. The molecule has 5 rings (SSSR count). The van der Waals surface area contributed by atoms with Crippen molar-refractivity contribution in [2.45, 2.75) is 37.7 Å². The molecule has 1 amide bonds. The Morgan fingerprint density at radius 2 is 2.24 bits per heavy atom. The van der Waals surface area contributed by atoms with Crippen molar-refractivity contribution in [3.63, 3.8) is 0 Å². The minimum Gasteiger partial charge on any atom is -0.378 e. The van der Waals surface area contributed by atoms with Gasteiger partial charge in [0.25, 0.3) is 0 Å². The van der Waals surface area contributed by atoms with Crippen LogP contribution in [0, 0.1) is 0 Å². The second-order valence-corrected chi connectivity index (χ2v) is 7.72. The van der Waals surface area contributed by atoms with E-state index in [0.29, 0.717) is 30.8 Å². The third-order valence-corrected chi connectivity index (χ3v) is 5.66. The number of fused-ring (bicyclic) bond motifs is 1. The summed E-state index contributed by atoms with van der Waals surface area (Å²) in [6, 6.07) is 7.73. The highest BCUT2D eigenvalue weighted by Crippen LogP contribution is 2.43. The zero-order chi connectivity index (χ0) is 20.0. The predicted octanol–water partition coefficient (Wildman–Crippen LogP) is 2.91. The molecule has 2 aliphatic rings. The molecule has 8 nitrogen and oxygen atoms in total. The molecule has 0 radical (unpaired) electrons. The zero-order valence-corrected chi connectivity index (χ0v) is 16.5. The van der Waals surface area contributed by atoms with Crippen LogP contribution in [0.3, 0.4) is 0 Å². The largest absolute Gasteiger partial charge is 0.378 e. The summed E-state index contributed by atoms with van der Waals surface area (Å²) in [6.07, 6.45) is 4.83. The lowest BCUT2D eigenvalue weighted by molar-refractivity contribution is -0.114. The molecule has 3 aromatic rings. The van der Waals surface area contributed by atoms with Crippen LogP contribution in [0.5, 0.6) is 0 Å². The Morgan fingerprint density at radius 1 is 1.38 bits per heavy atom. The van der Waals surface area contributed by atoms with Gasteiger partial charge in [0.15, 0.2) is 5.82 Å². The highest BCUT2D eigenvalue weighted by atomic mass is 16.5. The molecule has 3 aromatic heterocycles. The van der Waals surface area contributed by atoms with Gasteiger partial charge in [-0.1, -0.05) is 6.07 Å². The molecule has 0 spiro atoms. The van der Waals surface area contributed by atoms with E-state index < -0.39 is 5.60 Å². The van der Waals surface area contributed by atoms with E-state index in [1.807, 2.05) is 28.9 Å². The Hall–Kier alpha value is -2.84. The Bertz CT molecular complexity index is 1080. The number of anilines is 1. The van der Waals surface area contributed by atoms with Crippen molar-refractivity contribution in [2.75, 3.05) is 25.6 Å². The van der Waals surface area contributed by atoms with E-state index in [1.165, 1.54) is 6.92 Å². The lowest BCUT2D eigenvalue weighted by atomic mass is 9.98. The second-order valence-electron chi connectivity index (χ2n) is 7.72. The summed E-state index contributed by atoms with van der Waals surface area (Å²) in [4.78, 5) is 20.8. The smallest absolute Gasteiger partial charge is 0.222 e. The van der Waals surface area contributed by atoms with Crippen molar-refractivity contribution in [2.24, 2.45) is 0 Å². The van der Waals surface area contributed by atoms with Crippen molar-refractivity contribution in [3.05, 3.63) is 41.9 Å². The number of amides is 1. The Labute approximate surface area is 168 Å². The third kappa shape index (κ3) is 3.18. The van der Waals surface area contributed by atoms with Crippen LogP contribution >= 0.6 is 0 Å². The summed E-state index contributed by atoms with van der Waals surface area (Å²) in [6.45, 7) is 2.61. The number of nitrogens with one attached hydrogen (secondary N) is 1. The van der Waals surface area contributed by atoms with E-state index in [4.69, 9.17) is 19.6 Å². The third-order valence-electron chi connectivity index (χ3n) is 5.66. The van der Waals surface area contributed by atoms with Crippen molar-refractivity contribution in [3.8, 4) is 5.82 Å². The number of nitrogens with zero attached hydrogens (tertiary/aromatic N) is 4. The van der Waals surface area contributed by atoms with Gasteiger partial charge in [-0.25, -0.2) is 14.6 Å². The first-order chi connectivity index (χ1) is 14.1. The molecule has 4 heterocycles. The van der Waals surface area contributed by atoms with Crippen molar-refractivity contribution < 1.29 is 14.3 Å². The van der Waals surface area contributed by atoms with Gasteiger partial charge < -0.3 is 14.8 Å². The fraction of sp³-hybridized carbons (Fsp3) is 0.429. The van der Waals surface area contributed by atoms with E-state index >= 15 is 0 Å². The molecule has 1 atom stereocenters. The summed E-state index contributed by atoms with van der Waals surface area (Å²) >= 11 is 0. The molecule has 1 saturated heterocycles. The first kappa shape index (κ1) is 18.2. The maximum absolute atomic E-state index is 11.5. The van der Waals surface area contributed by atoms with Crippen molar-refractivity contribution in [1.82, 2.24) is 19.7 Å². The molecule has 1 N–H and O–H groups in total. The topological polar surface area (TPSA) is 91.2 Å². The monoisotopic (exact) mass is 393 g/mol. The summed E-state index contributed by atoms with van der Waals surface area (Å²) in [5.74, 6) is 1.52. The molecule has 8 heteroatoms. The van der Waals surface area contributed by atoms with Gasteiger partial charge in [0, 0.05) is 50.6 Å². The standard InChI is InChI=1S/C21H23N5O3/c1-13(27)23-18-10-16-15(11-22-18)20(14-6-7-14)25-26(16)19-5-3-4-17(24-19)21(28-2)8-9-29-12-21/h3-5,10-11,14H,6-9,12H2,1-2H3,(H,22,23,27)/t21-/m0/s1. The van der Waals surface area contributed by atoms with Crippen LogP contribution in [0.2, 0.25) is 0 Å². The number of ether oxygens (including phenoxy) is 2. The fourth-order valence-corrected chi connectivity index (χ4v) is 3.92. The van der Waals surface area contributed by atoms with Gasteiger partial charge in [0.1, 0.15) is 11.4 Å². The molecule has 150 valence electrons. The maximum atomic E-state index is 11.5. The first-order valence-electron chi connectivity index (χ1n) is 9.87. The van der Waals surface area contributed by atoms with Gasteiger partial charge in [-0.2, -0.15) is 5.10 Å². The van der Waals surface area contributed by atoms with Crippen molar-refractivity contribution >= 4 is 22.6 Å². The lowest BCUT2D eigenvalue weighted by Crippen LogP contribution is -2.30. The second kappa shape index (κ2) is 6.89. The zero-order valence-electron chi connectivity index (χ0n) is 16.5. The molecule has 1 aliphatic heterocycles. The maximum Gasteiger partial charge on any atom is 0.222 e. The summed E-state index contributed by atoms with van der Waals surface area (Å²) < 4.78 is 13.2. The highest BCUT2D eigenvalue weighted by molar-refractivity contribution is 5.91. The number of rotatable bonds is 5. The van der Waals surface area contributed by atoms with Gasteiger partial charge in [-0.3, -0.25) is 4.79 Å². The molecule has 0 unspecified atom stereocenters. The minimum absolute atomic E-state index is 0.159. The number of carbonyl (C=O) groups excluding carboxylic acids is 1. The molecule has 0 bridgehead atoms. The Balaban J connectivity index is 1.64. The van der Waals surface area contributed by atoms with E-state index in [1.54, 1.807) is 13.3 Å². The number of carbonyl (C=O) groups is 1. The summed E-state index contributed by atoms with van der Waals surface area (Å²) in [7, 11) is 1.70. The predicted molar refractivity (Wildman–Crippen MR) is 107 cm³/mol. The van der Waals surface area contributed by atoms with Crippen LogP contribution in [0.15, 0.2) is 30.5 Å². The Kier molecular flexibility index (Phi) is 4.33. The number of hydrogen-bond donors (Lipinski definition) is 1. The van der Waals surface area contributed by atoms with E-state index in [2.05, 4.69) is 10.3 Å². The molecular weight excluding hydrogens is 370 g/mol. The number of aromatic nitrogens is 4. The molecule has 1 aliphatic carbocycles.